The van der Waals surface area contributed by atoms with Gasteiger partial charge in [0.15, 0.2) is 0 Å². The van der Waals surface area contributed by atoms with Gasteiger partial charge in [-0.05, 0) is 45.4 Å². The van der Waals surface area contributed by atoms with Gasteiger partial charge in [-0.3, -0.25) is 24.3 Å². The average molecular weight is 412 g/mol. The number of hydrogen-bond donors (Lipinski definition) is 1. The lowest BCUT2D eigenvalue weighted by Crippen LogP contribution is -2.21. The molecule has 10 nitrogen and oxygen atoms in total. The number of aryl methyl sites for hydroxylation is 2. The zero-order valence-corrected chi connectivity index (χ0v) is 17.6. The van der Waals surface area contributed by atoms with Crippen LogP contribution in [0.2, 0.25) is 0 Å². The molecular weight excluding hydrogens is 388 g/mol. The molecule has 0 spiro atoms. The Morgan fingerprint density at radius 2 is 1.83 bits per heavy atom. The summed E-state index contributed by atoms with van der Waals surface area (Å²) in [6, 6.07) is 7.70. The smallest absolute Gasteiger partial charge is 0.312 e. The summed E-state index contributed by atoms with van der Waals surface area (Å²) in [6.07, 6.45) is 0. The Hall–Kier alpha value is -3.69. The molecule has 0 aliphatic heterocycles. The molecule has 3 rings (SSSR count). The van der Waals surface area contributed by atoms with Crippen LogP contribution in [0.5, 0.6) is 5.75 Å². The maximum atomic E-state index is 12.6. The molecule has 0 saturated heterocycles. The van der Waals surface area contributed by atoms with E-state index in [2.05, 4.69) is 15.5 Å². The van der Waals surface area contributed by atoms with E-state index in [4.69, 9.17) is 4.74 Å². The number of nitrogens with one attached hydrogen (secondary N) is 1. The fourth-order valence-corrected chi connectivity index (χ4v) is 3.40. The van der Waals surface area contributed by atoms with E-state index in [9.17, 15) is 14.9 Å². The van der Waals surface area contributed by atoms with Gasteiger partial charge in [0.1, 0.15) is 23.7 Å². The molecule has 3 aromatic rings. The molecule has 1 aromatic carbocycles. The summed E-state index contributed by atoms with van der Waals surface area (Å²) in [7, 11) is 1.62. The van der Waals surface area contributed by atoms with Gasteiger partial charge in [0.25, 0.3) is 0 Å². The highest BCUT2D eigenvalue weighted by molar-refractivity contribution is 5.91. The Morgan fingerprint density at radius 3 is 2.47 bits per heavy atom. The second kappa shape index (κ2) is 8.36. The van der Waals surface area contributed by atoms with Gasteiger partial charge < -0.3 is 10.1 Å². The Bertz CT molecular complexity index is 1110. The fourth-order valence-electron chi connectivity index (χ4n) is 3.40. The molecule has 0 unspecified atom stereocenters. The van der Waals surface area contributed by atoms with E-state index in [0.29, 0.717) is 23.6 Å². The number of ether oxygens (including phenoxy) is 1. The van der Waals surface area contributed by atoms with Crippen molar-refractivity contribution in [3.05, 3.63) is 62.7 Å². The standard InChI is InChI=1S/C20H24N6O4/c1-12-19(14(3)24(22-12)10-16-7-6-8-17(9-16)30-5)21-18(27)11-25-15(4)20(26(28)29)13(2)23-25/h6-9H,10-11H2,1-5H3,(H,21,27). The number of anilines is 1. The monoisotopic (exact) mass is 412 g/mol. The molecule has 0 fully saturated rings. The number of rotatable bonds is 7. The topological polar surface area (TPSA) is 117 Å². The summed E-state index contributed by atoms with van der Waals surface area (Å²) in [4.78, 5) is 23.2. The van der Waals surface area contributed by atoms with Crippen LogP contribution in [0, 0.1) is 37.8 Å². The van der Waals surface area contributed by atoms with Gasteiger partial charge in [-0.2, -0.15) is 10.2 Å². The van der Waals surface area contributed by atoms with Crippen molar-refractivity contribution in [2.24, 2.45) is 0 Å². The number of carbonyl (C=O) groups excluding carboxylic acids is 1. The van der Waals surface area contributed by atoms with E-state index < -0.39 is 4.92 Å². The lowest BCUT2D eigenvalue weighted by atomic mass is 10.2. The first kappa shape index (κ1) is 21.0. The summed E-state index contributed by atoms with van der Waals surface area (Å²) in [5.41, 5.74) is 3.69. The van der Waals surface area contributed by atoms with Gasteiger partial charge in [-0.15, -0.1) is 0 Å². The molecule has 0 aliphatic rings. The molecule has 0 saturated carbocycles. The molecule has 0 bridgehead atoms. The average Bonchev–Trinajstić information content (AvgIpc) is 3.11. The van der Waals surface area contributed by atoms with Crippen LogP contribution < -0.4 is 10.1 Å². The molecule has 1 N–H and O–H groups in total. The van der Waals surface area contributed by atoms with Crippen molar-refractivity contribution < 1.29 is 14.5 Å². The van der Waals surface area contributed by atoms with Crippen molar-refractivity contribution in [3.8, 4) is 5.75 Å². The SMILES string of the molecule is COc1cccc(Cn2nc(C)c(NC(=O)Cn3nc(C)c([N+](=O)[O-])c3C)c2C)c1. The minimum Gasteiger partial charge on any atom is -0.497 e. The van der Waals surface area contributed by atoms with Crippen molar-refractivity contribution in [2.75, 3.05) is 12.4 Å². The zero-order valence-electron chi connectivity index (χ0n) is 17.6. The number of carbonyl (C=O) groups is 1. The first-order chi connectivity index (χ1) is 14.2. The minimum atomic E-state index is -0.483. The van der Waals surface area contributed by atoms with Crippen LogP contribution in [-0.2, 0) is 17.9 Å². The Labute approximate surface area is 173 Å². The molecule has 2 aromatic heterocycles. The number of nitrogens with zero attached hydrogens (tertiary/aromatic N) is 5. The van der Waals surface area contributed by atoms with Crippen molar-refractivity contribution in [2.45, 2.75) is 40.8 Å². The third-order valence-electron chi connectivity index (χ3n) is 4.93. The highest BCUT2D eigenvalue weighted by Gasteiger charge is 2.23. The van der Waals surface area contributed by atoms with Crippen molar-refractivity contribution >= 4 is 17.3 Å². The second-order valence-electron chi connectivity index (χ2n) is 7.04. The normalized spacial score (nSPS) is 10.8. The molecule has 0 aliphatic carbocycles. The van der Waals surface area contributed by atoms with E-state index in [1.54, 1.807) is 21.0 Å². The first-order valence-electron chi connectivity index (χ1n) is 9.36. The summed E-state index contributed by atoms with van der Waals surface area (Å²) >= 11 is 0. The quantitative estimate of drug-likeness (QED) is 0.471. The molecule has 10 heteroatoms. The highest BCUT2D eigenvalue weighted by Crippen LogP contribution is 2.23. The predicted molar refractivity (Wildman–Crippen MR) is 111 cm³/mol. The van der Waals surface area contributed by atoms with Crippen molar-refractivity contribution in [3.63, 3.8) is 0 Å². The van der Waals surface area contributed by atoms with Crippen LogP contribution in [0.4, 0.5) is 11.4 Å². The van der Waals surface area contributed by atoms with Gasteiger partial charge in [-0.1, -0.05) is 12.1 Å². The highest BCUT2D eigenvalue weighted by atomic mass is 16.6. The minimum absolute atomic E-state index is 0.0683. The Kier molecular flexibility index (Phi) is 5.86. The van der Waals surface area contributed by atoms with Gasteiger partial charge >= 0.3 is 5.69 Å². The molecule has 2 heterocycles. The van der Waals surface area contributed by atoms with E-state index in [1.165, 1.54) is 4.68 Å². The molecule has 158 valence electrons. The van der Waals surface area contributed by atoms with Crippen LogP contribution in [0.1, 0.15) is 28.3 Å². The van der Waals surface area contributed by atoms with Gasteiger partial charge in [-0.25, -0.2) is 0 Å². The molecule has 0 radical (unpaired) electrons. The molecular formula is C20H24N6O4. The van der Waals surface area contributed by atoms with Crippen molar-refractivity contribution in [1.82, 2.24) is 19.6 Å². The van der Waals surface area contributed by atoms with Crippen LogP contribution in [0.15, 0.2) is 24.3 Å². The number of benzene rings is 1. The number of aromatic nitrogens is 4. The van der Waals surface area contributed by atoms with Crippen molar-refractivity contribution in [1.29, 1.82) is 0 Å². The lowest BCUT2D eigenvalue weighted by Gasteiger charge is -2.09. The summed E-state index contributed by atoms with van der Waals surface area (Å²) in [5, 5.41) is 22.7. The maximum absolute atomic E-state index is 12.6. The first-order valence-corrected chi connectivity index (χ1v) is 9.36. The third-order valence-corrected chi connectivity index (χ3v) is 4.93. The van der Waals surface area contributed by atoms with E-state index >= 15 is 0 Å². The van der Waals surface area contributed by atoms with Gasteiger partial charge in [0, 0.05) is 0 Å². The summed E-state index contributed by atoms with van der Waals surface area (Å²) < 4.78 is 8.41. The number of hydrogen-bond acceptors (Lipinski definition) is 6. The Balaban J connectivity index is 1.76. The second-order valence-corrected chi connectivity index (χ2v) is 7.04. The maximum Gasteiger partial charge on any atom is 0.312 e. The van der Waals surface area contributed by atoms with Crippen LogP contribution in [-0.4, -0.2) is 37.5 Å². The van der Waals surface area contributed by atoms with Crippen LogP contribution in [0.25, 0.3) is 0 Å². The predicted octanol–water partition coefficient (Wildman–Crippen LogP) is 2.92. The largest absolute Gasteiger partial charge is 0.497 e. The van der Waals surface area contributed by atoms with E-state index in [-0.39, 0.29) is 23.8 Å². The van der Waals surface area contributed by atoms with Gasteiger partial charge in [0.2, 0.25) is 5.91 Å². The van der Waals surface area contributed by atoms with Crippen LogP contribution in [0.3, 0.4) is 0 Å². The van der Waals surface area contributed by atoms with E-state index in [0.717, 1.165) is 17.0 Å². The zero-order chi connectivity index (χ0) is 22.0. The van der Waals surface area contributed by atoms with Crippen LogP contribution >= 0.6 is 0 Å². The van der Waals surface area contributed by atoms with E-state index in [1.807, 2.05) is 42.8 Å². The summed E-state index contributed by atoms with van der Waals surface area (Å²) in [6.45, 7) is 7.23. The number of nitro groups is 1. The van der Waals surface area contributed by atoms with Gasteiger partial charge in [0.05, 0.1) is 35.7 Å². The number of amides is 1. The fraction of sp³-hybridized carbons (Fsp3) is 0.350. The Morgan fingerprint density at radius 1 is 1.13 bits per heavy atom. The molecule has 30 heavy (non-hydrogen) atoms. The number of methoxy groups -OCH3 is 1. The molecule has 1 amide bonds. The lowest BCUT2D eigenvalue weighted by molar-refractivity contribution is -0.386. The third kappa shape index (κ3) is 4.17. The summed E-state index contributed by atoms with van der Waals surface area (Å²) in [5.74, 6) is 0.434. The molecule has 0 atom stereocenters.